The van der Waals surface area contributed by atoms with Crippen LogP contribution in [0, 0.1) is 6.92 Å². The van der Waals surface area contributed by atoms with Crippen LogP contribution in [0.1, 0.15) is 37.9 Å². The molecule has 0 bridgehead atoms. The second kappa shape index (κ2) is 5.65. The summed E-state index contributed by atoms with van der Waals surface area (Å²) in [5.74, 6) is 0.580. The molecule has 1 atom stereocenters. The summed E-state index contributed by atoms with van der Waals surface area (Å²) in [5, 5.41) is 3.83. The Bertz CT molecular complexity index is 816. The number of hydrogen-bond donors (Lipinski definition) is 2. The molecule has 0 aliphatic carbocycles. The lowest BCUT2D eigenvalue weighted by Gasteiger charge is -2.37. The molecule has 2 heterocycles. The van der Waals surface area contributed by atoms with Crippen molar-refractivity contribution in [2.45, 2.75) is 39.2 Å². The highest BCUT2D eigenvalue weighted by molar-refractivity contribution is 6.30. The molecule has 1 aromatic heterocycles. The zero-order chi connectivity index (χ0) is 16.8. The zero-order valence-electron chi connectivity index (χ0n) is 13.7. The Hall–Kier alpha value is -1.85. The van der Waals surface area contributed by atoms with E-state index in [-0.39, 0.29) is 11.7 Å². The van der Waals surface area contributed by atoms with E-state index in [0.717, 1.165) is 11.3 Å². The molecule has 0 spiro atoms. The van der Waals surface area contributed by atoms with Crippen LogP contribution < -0.4 is 10.9 Å². The normalized spacial score (nSPS) is 19.2. The maximum absolute atomic E-state index is 12.4. The van der Waals surface area contributed by atoms with E-state index in [1.54, 1.807) is 13.0 Å². The fraction of sp³-hybridized carbons (Fsp3) is 0.412. The van der Waals surface area contributed by atoms with E-state index in [0.29, 0.717) is 28.8 Å². The number of nitrogens with one attached hydrogen (secondary N) is 2. The number of fused-ring (bicyclic) bond motifs is 2. The molecule has 0 saturated heterocycles. The molecule has 0 amide bonds. The van der Waals surface area contributed by atoms with Crippen molar-refractivity contribution in [3.05, 3.63) is 50.7 Å². The number of aromatic nitrogens is 2. The fourth-order valence-electron chi connectivity index (χ4n) is 2.92. The van der Waals surface area contributed by atoms with Crippen molar-refractivity contribution in [2.24, 2.45) is 0 Å². The molecule has 3 rings (SSSR count). The Balaban J connectivity index is 2.24. The lowest BCUT2D eigenvalue weighted by molar-refractivity contribution is 0.0516. The maximum atomic E-state index is 12.4. The van der Waals surface area contributed by atoms with Crippen molar-refractivity contribution in [3.63, 3.8) is 0 Å². The van der Waals surface area contributed by atoms with Gasteiger partial charge in [0.25, 0.3) is 5.56 Å². The average Bonchev–Trinajstić information content (AvgIpc) is 2.48. The molecule has 1 aliphatic rings. The summed E-state index contributed by atoms with van der Waals surface area (Å²) in [6.07, 6.45) is 0.0795. The smallest absolute Gasteiger partial charge is 0.274 e. The first kappa shape index (κ1) is 16.0. The summed E-state index contributed by atoms with van der Waals surface area (Å²) >= 11 is 6.20. The van der Waals surface area contributed by atoms with Gasteiger partial charge in [-0.25, -0.2) is 4.98 Å². The van der Waals surface area contributed by atoms with Gasteiger partial charge in [-0.05, 0) is 51.5 Å². The van der Waals surface area contributed by atoms with Gasteiger partial charge in [0.15, 0.2) is 0 Å². The van der Waals surface area contributed by atoms with E-state index in [1.165, 1.54) is 0 Å². The third-order valence-electron chi connectivity index (χ3n) is 4.10. The molecule has 2 N–H and O–H groups in total. The van der Waals surface area contributed by atoms with E-state index < -0.39 is 5.41 Å². The molecular weight excluding hydrogens is 314 g/mol. The first-order valence-corrected chi connectivity index (χ1v) is 7.99. The second-order valence-corrected chi connectivity index (χ2v) is 6.82. The third-order valence-corrected chi connectivity index (χ3v) is 4.34. The molecule has 2 aromatic rings. The summed E-state index contributed by atoms with van der Waals surface area (Å²) in [7, 11) is 0. The Kier molecular flexibility index (Phi) is 3.94. The lowest BCUT2D eigenvalue weighted by atomic mass is 9.76. The average molecular weight is 334 g/mol. The molecule has 0 saturated carbocycles. The van der Waals surface area contributed by atoms with Gasteiger partial charge in [-0.15, -0.1) is 0 Å². The predicted octanol–water partition coefficient (Wildman–Crippen LogP) is 3.52. The van der Waals surface area contributed by atoms with Crippen molar-refractivity contribution in [2.75, 3.05) is 11.9 Å². The van der Waals surface area contributed by atoms with Crippen LogP contribution in [0.25, 0.3) is 0 Å². The number of aryl methyl sites for hydroxylation is 1. The third kappa shape index (κ3) is 2.75. The van der Waals surface area contributed by atoms with Crippen molar-refractivity contribution in [1.82, 2.24) is 9.97 Å². The van der Waals surface area contributed by atoms with Crippen LogP contribution in [0.3, 0.4) is 0 Å². The molecule has 122 valence electrons. The molecule has 1 aliphatic heterocycles. The monoisotopic (exact) mass is 333 g/mol. The maximum Gasteiger partial charge on any atom is 0.274 e. The molecule has 1 unspecified atom stereocenters. The van der Waals surface area contributed by atoms with Crippen molar-refractivity contribution >= 4 is 23.0 Å². The number of aromatic amines is 1. The number of H-pyrrole nitrogens is 1. The topological polar surface area (TPSA) is 67.0 Å². The fourth-order valence-corrected chi connectivity index (χ4v) is 3.10. The van der Waals surface area contributed by atoms with Crippen LogP contribution >= 0.6 is 11.6 Å². The van der Waals surface area contributed by atoms with E-state index in [2.05, 4.69) is 15.3 Å². The molecule has 23 heavy (non-hydrogen) atoms. The van der Waals surface area contributed by atoms with Crippen LogP contribution in [0.15, 0.2) is 23.0 Å². The van der Waals surface area contributed by atoms with E-state index in [4.69, 9.17) is 16.3 Å². The van der Waals surface area contributed by atoms with E-state index in [1.807, 2.05) is 32.9 Å². The summed E-state index contributed by atoms with van der Waals surface area (Å²) in [6.45, 7) is 8.21. The van der Waals surface area contributed by atoms with Crippen LogP contribution in [0.2, 0.25) is 5.02 Å². The van der Waals surface area contributed by atoms with Crippen molar-refractivity contribution in [1.29, 1.82) is 0 Å². The zero-order valence-corrected chi connectivity index (χ0v) is 14.4. The van der Waals surface area contributed by atoms with Gasteiger partial charge in [-0.1, -0.05) is 11.6 Å². The largest absolute Gasteiger partial charge is 0.377 e. The quantitative estimate of drug-likeness (QED) is 0.901. The van der Waals surface area contributed by atoms with Gasteiger partial charge >= 0.3 is 0 Å². The Morgan fingerprint density at radius 3 is 2.83 bits per heavy atom. The van der Waals surface area contributed by atoms with Crippen LogP contribution in [0.5, 0.6) is 0 Å². The number of nitrogens with zero attached hydrogens (tertiary/aromatic N) is 1. The number of ether oxygens (including phenoxy) is 1. The van der Waals surface area contributed by atoms with Gasteiger partial charge in [0, 0.05) is 10.7 Å². The van der Waals surface area contributed by atoms with Gasteiger partial charge < -0.3 is 15.0 Å². The lowest BCUT2D eigenvalue weighted by Crippen LogP contribution is -2.39. The Morgan fingerprint density at radius 2 is 2.13 bits per heavy atom. The number of halogens is 1. The van der Waals surface area contributed by atoms with Crippen LogP contribution in [-0.2, 0) is 10.2 Å². The van der Waals surface area contributed by atoms with E-state index in [9.17, 15) is 4.79 Å². The van der Waals surface area contributed by atoms with Gasteiger partial charge in [0.1, 0.15) is 11.5 Å². The Labute approximate surface area is 140 Å². The summed E-state index contributed by atoms with van der Waals surface area (Å²) in [6, 6.07) is 5.60. The number of hydrogen-bond acceptors (Lipinski definition) is 4. The van der Waals surface area contributed by atoms with Gasteiger partial charge in [-0.2, -0.15) is 0 Å². The highest BCUT2D eigenvalue weighted by Crippen LogP contribution is 2.44. The molecule has 5 nitrogen and oxygen atoms in total. The number of rotatable bonds is 3. The minimum Gasteiger partial charge on any atom is -0.377 e. The molecule has 0 fully saturated rings. The molecule has 0 radical (unpaired) electrons. The Morgan fingerprint density at radius 1 is 1.39 bits per heavy atom. The van der Waals surface area contributed by atoms with Gasteiger partial charge in [0.05, 0.1) is 23.8 Å². The van der Waals surface area contributed by atoms with Crippen molar-refractivity contribution < 1.29 is 4.74 Å². The summed E-state index contributed by atoms with van der Waals surface area (Å²) in [5.41, 5.74) is 2.27. The highest BCUT2D eigenvalue weighted by atomic mass is 35.5. The van der Waals surface area contributed by atoms with E-state index >= 15 is 0 Å². The molecule has 1 aromatic carbocycles. The second-order valence-electron chi connectivity index (χ2n) is 6.38. The summed E-state index contributed by atoms with van der Waals surface area (Å²) in [4.78, 5) is 19.7. The van der Waals surface area contributed by atoms with Gasteiger partial charge in [-0.3, -0.25) is 4.79 Å². The molecule has 6 heteroatoms. The standard InChI is InChI=1S/C17H20ClN3O2/c1-9(2)23-8-17(4)12-7-11(18)5-6-13(12)21-14-15(17)19-10(3)20-16(14)22/h5-7,9,21H,8H2,1-4H3,(H,19,20,22). The minimum absolute atomic E-state index is 0.0795. The first-order chi connectivity index (χ1) is 10.8. The van der Waals surface area contributed by atoms with Gasteiger partial charge in [0.2, 0.25) is 0 Å². The number of anilines is 2. The molecular formula is C17H20ClN3O2. The first-order valence-electron chi connectivity index (χ1n) is 7.61. The predicted molar refractivity (Wildman–Crippen MR) is 91.9 cm³/mol. The van der Waals surface area contributed by atoms with Crippen molar-refractivity contribution in [3.8, 4) is 0 Å². The minimum atomic E-state index is -0.551. The van der Waals surface area contributed by atoms with Crippen LogP contribution in [0.4, 0.5) is 11.4 Å². The SMILES string of the molecule is Cc1nc2c(c(=O)[nH]1)Nc1ccc(Cl)cc1C2(C)COC(C)C. The number of benzene rings is 1. The summed E-state index contributed by atoms with van der Waals surface area (Å²) < 4.78 is 5.89. The van der Waals surface area contributed by atoms with Crippen LogP contribution in [-0.4, -0.2) is 22.7 Å². The highest BCUT2D eigenvalue weighted by Gasteiger charge is 2.40.